The number of hydrogen-bond acceptors (Lipinski definition) is 5. The SMILES string of the molecule is CN(C)Cc1nc2c(-c3cccc(O)c3)c(-c3ccccc3)sc2c(=O)[nH]1. The van der Waals surface area contributed by atoms with Gasteiger partial charge in [0.15, 0.2) is 0 Å². The van der Waals surface area contributed by atoms with Crippen LogP contribution in [0.15, 0.2) is 59.4 Å². The molecule has 5 nitrogen and oxygen atoms in total. The van der Waals surface area contributed by atoms with E-state index in [2.05, 4.69) is 4.98 Å². The number of thiophene rings is 1. The van der Waals surface area contributed by atoms with Crippen molar-refractivity contribution in [2.45, 2.75) is 6.54 Å². The number of aromatic nitrogens is 2. The van der Waals surface area contributed by atoms with Crippen molar-refractivity contribution in [2.75, 3.05) is 14.1 Å². The Morgan fingerprint density at radius 3 is 2.52 bits per heavy atom. The average molecular weight is 377 g/mol. The number of nitrogens with one attached hydrogen (secondary N) is 1. The van der Waals surface area contributed by atoms with E-state index < -0.39 is 0 Å². The Bertz CT molecular complexity index is 1160. The molecule has 2 aromatic carbocycles. The van der Waals surface area contributed by atoms with E-state index in [1.165, 1.54) is 11.3 Å². The third-order valence-corrected chi connectivity index (χ3v) is 5.46. The van der Waals surface area contributed by atoms with Crippen LogP contribution in [-0.2, 0) is 6.54 Å². The van der Waals surface area contributed by atoms with Crippen LogP contribution in [0.5, 0.6) is 5.75 Å². The van der Waals surface area contributed by atoms with E-state index in [4.69, 9.17) is 4.98 Å². The van der Waals surface area contributed by atoms with Crippen molar-refractivity contribution in [3.63, 3.8) is 0 Å². The normalized spacial score (nSPS) is 11.4. The fourth-order valence-corrected chi connectivity index (χ4v) is 4.29. The molecule has 0 radical (unpaired) electrons. The zero-order valence-electron chi connectivity index (χ0n) is 15.1. The minimum atomic E-state index is -0.134. The van der Waals surface area contributed by atoms with E-state index in [9.17, 15) is 9.90 Å². The molecule has 0 unspecified atom stereocenters. The summed E-state index contributed by atoms with van der Waals surface area (Å²) in [5.41, 5.74) is 3.28. The predicted octanol–water partition coefficient (Wildman–Crippen LogP) is 4.09. The molecule has 2 N–H and O–H groups in total. The Morgan fingerprint density at radius 1 is 1.07 bits per heavy atom. The van der Waals surface area contributed by atoms with Crippen LogP contribution in [0.3, 0.4) is 0 Å². The van der Waals surface area contributed by atoms with Gasteiger partial charge in [-0.2, -0.15) is 0 Å². The Labute approximate surface area is 160 Å². The van der Waals surface area contributed by atoms with E-state index in [0.717, 1.165) is 21.6 Å². The molecule has 27 heavy (non-hydrogen) atoms. The molecule has 0 saturated carbocycles. The summed E-state index contributed by atoms with van der Waals surface area (Å²) >= 11 is 1.43. The van der Waals surface area contributed by atoms with Gasteiger partial charge in [0.1, 0.15) is 16.3 Å². The topological polar surface area (TPSA) is 69.2 Å². The second-order valence-electron chi connectivity index (χ2n) is 6.65. The first-order valence-electron chi connectivity index (χ1n) is 8.58. The molecule has 6 heteroatoms. The highest BCUT2D eigenvalue weighted by Gasteiger charge is 2.20. The molecule has 4 aromatic rings. The molecule has 0 aliphatic carbocycles. The number of aromatic hydroxyl groups is 1. The zero-order chi connectivity index (χ0) is 19.0. The fraction of sp³-hybridized carbons (Fsp3) is 0.143. The minimum Gasteiger partial charge on any atom is -0.508 e. The predicted molar refractivity (Wildman–Crippen MR) is 110 cm³/mol. The summed E-state index contributed by atoms with van der Waals surface area (Å²) in [4.78, 5) is 23.3. The van der Waals surface area contributed by atoms with Crippen LogP contribution in [-0.4, -0.2) is 34.1 Å². The van der Waals surface area contributed by atoms with Crippen LogP contribution in [0, 0.1) is 0 Å². The van der Waals surface area contributed by atoms with E-state index in [1.807, 2.05) is 55.4 Å². The van der Waals surface area contributed by atoms with Gasteiger partial charge in [0.05, 0.1) is 12.1 Å². The molecule has 0 aliphatic rings. The lowest BCUT2D eigenvalue weighted by molar-refractivity contribution is 0.390. The van der Waals surface area contributed by atoms with Crippen molar-refractivity contribution in [3.8, 4) is 27.3 Å². The number of aromatic amines is 1. The van der Waals surface area contributed by atoms with E-state index in [0.29, 0.717) is 22.6 Å². The van der Waals surface area contributed by atoms with Gasteiger partial charge in [-0.3, -0.25) is 4.79 Å². The largest absolute Gasteiger partial charge is 0.508 e. The monoisotopic (exact) mass is 377 g/mol. The zero-order valence-corrected chi connectivity index (χ0v) is 15.9. The van der Waals surface area contributed by atoms with Gasteiger partial charge in [-0.1, -0.05) is 42.5 Å². The van der Waals surface area contributed by atoms with Gasteiger partial charge < -0.3 is 15.0 Å². The Kier molecular flexibility index (Phi) is 4.51. The number of H-pyrrole nitrogens is 1. The van der Waals surface area contributed by atoms with E-state index >= 15 is 0 Å². The average Bonchev–Trinajstić information content (AvgIpc) is 3.02. The van der Waals surface area contributed by atoms with Crippen LogP contribution in [0.4, 0.5) is 0 Å². The molecule has 2 aromatic heterocycles. The van der Waals surface area contributed by atoms with Crippen molar-refractivity contribution in [1.29, 1.82) is 0 Å². The van der Waals surface area contributed by atoms with Gasteiger partial charge in [-0.05, 0) is 37.4 Å². The summed E-state index contributed by atoms with van der Waals surface area (Å²) in [7, 11) is 3.87. The standard InChI is InChI=1S/C21H19N3O2S/c1-24(2)12-16-22-18-17(14-9-6-10-15(25)11-14)19(13-7-4-3-5-8-13)27-20(18)21(26)23-16/h3-11,25H,12H2,1-2H3,(H,22,23,26). The third kappa shape index (κ3) is 3.37. The molecule has 0 bridgehead atoms. The highest BCUT2D eigenvalue weighted by Crippen LogP contribution is 2.43. The van der Waals surface area contributed by atoms with E-state index in [-0.39, 0.29) is 11.3 Å². The Morgan fingerprint density at radius 2 is 1.81 bits per heavy atom. The van der Waals surface area contributed by atoms with Crippen molar-refractivity contribution < 1.29 is 5.11 Å². The maximum atomic E-state index is 12.7. The van der Waals surface area contributed by atoms with Crippen LogP contribution in [0.25, 0.3) is 31.8 Å². The number of hydrogen-bond donors (Lipinski definition) is 2. The molecular formula is C21H19N3O2S. The summed E-state index contributed by atoms with van der Waals surface area (Å²) < 4.78 is 0.592. The first kappa shape index (κ1) is 17.5. The summed E-state index contributed by atoms with van der Waals surface area (Å²) in [5.74, 6) is 0.806. The van der Waals surface area contributed by atoms with Gasteiger partial charge in [0.25, 0.3) is 5.56 Å². The number of fused-ring (bicyclic) bond motifs is 1. The van der Waals surface area contributed by atoms with E-state index in [1.54, 1.807) is 18.2 Å². The lowest BCUT2D eigenvalue weighted by Crippen LogP contribution is -2.18. The van der Waals surface area contributed by atoms with Crippen LogP contribution in [0.2, 0.25) is 0 Å². The number of phenols is 1. The maximum absolute atomic E-state index is 12.7. The number of benzene rings is 2. The first-order chi connectivity index (χ1) is 13.0. The molecule has 0 atom stereocenters. The number of nitrogens with zero attached hydrogens (tertiary/aromatic N) is 2. The summed E-state index contributed by atoms with van der Waals surface area (Å²) in [6, 6.07) is 17.0. The highest BCUT2D eigenvalue weighted by molar-refractivity contribution is 7.22. The van der Waals surface area contributed by atoms with Crippen molar-refractivity contribution in [2.24, 2.45) is 0 Å². The quantitative estimate of drug-likeness (QED) is 0.562. The molecule has 0 spiro atoms. The van der Waals surface area contributed by atoms with Crippen molar-refractivity contribution in [1.82, 2.24) is 14.9 Å². The highest BCUT2D eigenvalue weighted by atomic mass is 32.1. The molecular weight excluding hydrogens is 358 g/mol. The van der Waals surface area contributed by atoms with Crippen LogP contribution < -0.4 is 5.56 Å². The summed E-state index contributed by atoms with van der Waals surface area (Å²) in [6.45, 7) is 0.543. The Balaban J connectivity index is 2.06. The molecule has 0 saturated heterocycles. The molecule has 4 rings (SSSR count). The van der Waals surface area contributed by atoms with Crippen LogP contribution >= 0.6 is 11.3 Å². The summed E-state index contributed by atoms with van der Waals surface area (Å²) in [6.07, 6.45) is 0. The van der Waals surface area contributed by atoms with Crippen molar-refractivity contribution in [3.05, 3.63) is 70.8 Å². The third-order valence-electron chi connectivity index (χ3n) is 4.23. The van der Waals surface area contributed by atoms with Gasteiger partial charge in [0, 0.05) is 10.4 Å². The maximum Gasteiger partial charge on any atom is 0.268 e. The minimum absolute atomic E-state index is 0.134. The molecule has 2 heterocycles. The lowest BCUT2D eigenvalue weighted by Gasteiger charge is -2.09. The molecule has 0 aliphatic heterocycles. The smallest absolute Gasteiger partial charge is 0.268 e. The molecule has 0 fully saturated rings. The number of rotatable bonds is 4. The molecule has 0 amide bonds. The van der Waals surface area contributed by atoms with Gasteiger partial charge in [-0.15, -0.1) is 11.3 Å². The number of phenolic OH excluding ortho intramolecular Hbond substituents is 1. The van der Waals surface area contributed by atoms with Gasteiger partial charge in [-0.25, -0.2) is 4.98 Å². The van der Waals surface area contributed by atoms with Gasteiger partial charge in [0.2, 0.25) is 0 Å². The summed E-state index contributed by atoms with van der Waals surface area (Å²) in [5, 5.41) is 9.98. The van der Waals surface area contributed by atoms with Gasteiger partial charge >= 0.3 is 0 Å². The lowest BCUT2D eigenvalue weighted by atomic mass is 10.0. The second kappa shape index (κ2) is 6.98. The molecule has 136 valence electrons. The Hall–Kier alpha value is -2.96. The second-order valence-corrected chi connectivity index (χ2v) is 7.67. The van der Waals surface area contributed by atoms with Crippen molar-refractivity contribution >= 4 is 21.6 Å². The van der Waals surface area contributed by atoms with Crippen LogP contribution in [0.1, 0.15) is 5.82 Å². The first-order valence-corrected chi connectivity index (χ1v) is 9.40. The fourth-order valence-electron chi connectivity index (χ4n) is 3.13.